The number of nitrogens with two attached hydrogens (primary N) is 2. The van der Waals surface area contributed by atoms with Gasteiger partial charge in [-0.05, 0) is 23.8 Å². The number of carboxylic acids is 2. The summed E-state index contributed by atoms with van der Waals surface area (Å²) in [5.41, 5.74) is 9.16. The molecule has 0 aromatic heterocycles. The van der Waals surface area contributed by atoms with Gasteiger partial charge in [-0.3, -0.25) is 14.4 Å². The maximum Gasteiger partial charge on any atom is 0.324 e. The summed E-state index contributed by atoms with van der Waals surface area (Å²) < 4.78 is 0. The molecule has 122 valence electrons. The quantitative estimate of drug-likeness (QED) is 0.608. The van der Waals surface area contributed by atoms with Crippen molar-refractivity contribution in [3.63, 3.8) is 0 Å². The Kier molecular flexibility index (Phi) is 3.23. The van der Waals surface area contributed by atoms with Crippen molar-refractivity contribution in [1.29, 1.82) is 0 Å². The third-order valence-electron chi connectivity index (χ3n) is 5.55. The number of benzene rings is 1. The monoisotopic (exact) mass is 318 g/mol. The predicted molar refractivity (Wildman–Crippen MR) is 79.2 cm³/mol. The smallest absolute Gasteiger partial charge is 0.324 e. The summed E-state index contributed by atoms with van der Waals surface area (Å²) in [4.78, 5) is 35.0. The van der Waals surface area contributed by atoms with Gasteiger partial charge in [0.25, 0.3) is 0 Å². The minimum atomic E-state index is -1.78. The van der Waals surface area contributed by atoms with Gasteiger partial charge in [0.15, 0.2) is 0 Å². The van der Waals surface area contributed by atoms with Crippen molar-refractivity contribution < 1.29 is 24.6 Å². The van der Waals surface area contributed by atoms with Crippen LogP contribution in [0.4, 0.5) is 0 Å². The van der Waals surface area contributed by atoms with E-state index < -0.39 is 40.6 Å². The molecule has 2 fully saturated rings. The van der Waals surface area contributed by atoms with Crippen LogP contribution in [0.25, 0.3) is 0 Å². The zero-order valence-corrected chi connectivity index (χ0v) is 12.3. The van der Waals surface area contributed by atoms with Gasteiger partial charge >= 0.3 is 11.9 Å². The van der Waals surface area contributed by atoms with Gasteiger partial charge in [-0.1, -0.05) is 30.3 Å². The fraction of sp³-hybridized carbons (Fsp3) is 0.438. The highest BCUT2D eigenvalue weighted by Crippen LogP contribution is 2.77. The molecule has 0 radical (unpaired) electrons. The molecule has 3 rings (SSSR count). The molecule has 2 aliphatic carbocycles. The molecular formula is C16H18N2O5. The van der Waals surface area contributed by atoms with Gasteiger partial charge in [0, 0.05) is 11.8 Å². The summed E-state index contributed by atoms with van der Waals surface area (Å²) in [7, 11) is 0. The van der Waals surface area contributed by atoms with Crippen LogP contribution < -0.4 is 11.5 Å². The second-order valence-electron chi connectivity index (χ2n) is 6.52. The van der Waals surface area contributed by atoms with Crippen molar-refractivity contribution in [3.8, 4) is 0 Å². The van der Waals surface area contributed by atoms with E-state index in [4.69, 9.17) is 11.5 Å². The molecule has 0 spiro atoms. The number of amides is 1. The van der Waals surface area contributed by atoms with Crippen molar-refractivity contribution in [2.24, 2.45) is 28.7 Å². The predicted octanol–water partition coefficient (Wildman–Crippen LogP) is 0.148. The van der Waals surface area contributed by atoms with Gasteiger partial charge in [-0.15, -0.1) is 0 Å². The van der Waals surface area contributed by atoms with E-state index in [9.17, 15) is 24.6 Å². The molecule has 6 N–H and O–H groups in total. The SMILES string of the molecule is NC(=O)CC12C(C(=O)O)C1C(c1ccccc1)CC2(N)C(=O)O. The topological polar surface area (TPSA) is 144 Å². The van der Waals surface area contributed by atoms with Crippen LogP contribution in [-0.4, -0.2) is 33.6 Å². The summed E-state index contributed by atoms with van der Waals surface area (Å²) in [6.45, 7) is 0. The molecule has 0 saturated heterocycles. The zero-order chi connectivity index (χ0) is 17.0. The summed E-state index contributed by atoms with van der Waals surface area (Å²) in [5.74, 6) is -4.95. The first kappa shape index (κ1) is 15.5. The fourth-order valence-corrected chi connectivity index (χ4v) is 4.66. The van der Waals surface area contributed by atoms with Crippen LogP contribution in [0, 0.1) is 17.3 Å². The van der Waals surface area contributed by atoms with Crippen molar-refractivity contribution in [1.82, 2.24) is 0 Å². The molecule has 0 heterocycles. The molecule has 23 heavy (non-hydrogen) atoms. The Morgan fingerprint density at radius 2 is 1.78 bits per heavy atom. The first-order chi connectivity index (χ1) is 10.8. The molecule has 5 atom stereocenters. The second-order valence-corrected chi connectivity index (χ2v) is 6.52. The molecule has 1 aromatic rings. The number of primary amides is 1. The number of aliphatic carboxylic acids is 2. The maximum atomic E-state index is 11.8. The fourth-order valence-electron chi connectivity index (χ4n) is 4.66. The van der Waals surface area contributed by atoms with Gasteiger partial charge < -0.3 is 21.7 Å². The number of hydrogen-bond acceptors (Lipinski definition) is 4. The number of carbonyl (C=O) groups excluding carboxylic acids is 1. The summed E-state index contributed by atoms with van der Waals surface area (Å²) in [5, 5.41) is 19.2. The van der Waals surface area contributed by atoms with Gasteiger partial charge in [-0.2, -0.15) is 0 Å². The highest BCUT2D eigenvalue weighted by molar-refractivity contribution is 5.90. The molecule has 7 nitrogen and oxygen atoms in total. The molecule has 1 amide bonds. The lowest BCUT2D eigenvalue weighted by molar-refractivity contribution is -0.148. The lowest BCUT2D eigenvalue weighted by atomic mass is 9.76. The first-order valence-electron chi connectivity index (χ1n) is 7.34. The number of carbonyl (C=O) groups is 3. The molecule has 0 aliphatic heterocycles. The number of fused-ring (bicyclic) bond motifs is 1. The molecule has 1 aromatic carbocycles. The van der Waals surface area contributed by atoms with E-state index in [-0.39, 0.29) is 18.8 Å². The third kappa shape index (κ3) is 1.89. The van der Waals surface area contributed by atoms with E-state index in [0.29, 0.717) is 0 Å². The number of rotatable bonds is 5. The van der Waals surface area contributed by atoms with E-state index >= 15 is 0 Å². The highest BCUT2D eigenvalue weighted by atomic mass is 16.4. The zero-order valence-electron chi connectivity index (χ0n) is 12.3. The molecular weight excluding hydrogens is 300 g/mol. The van der Waals surface area contributed by atoms with Gasteiger partial charge in [-0.25, -0.2) is 0 Å². The maximum absolute atomic E-state index is 11.8. The highest BCUT2D eigenvalue weighted by Gasteiger charge is 2.84. The van der Waals surface area contributed by atoms with Crippen LogP contribution in [0.5, 0.6) is 0 Å². The van der Waals surface area contributed by atoms with Crippen LogP contribution in [0.2, 0.25) is 0 Å². The van der Waals surface area contributed by atoms with E-state index in [1.54, 1.807) is 12.1 Å². The standard InChI is InChI=1S/C16H18N2O5/c17-10(19)7-15-11(12(15)13(20)21)9(6-16(15,18)14(22)23)8-4-2-1-3-5-8/h1-5,9,11-12H,6-7,18H2,(H2,17,19)(H,20,21)(H,22,23). The van der Waals surface area contributed by atoms with E-state index in [2.05, 4.69) is 0 Å². The largest absolute Gasteiger partial charge is 0.481 e. The summed E-state index contributed by atoms with van der Waals surface area (Å²) >= 11 is 0. The third-order valence-corrected chi connectivity index (χ3v) is 5.55. The Hall–Kier alpha value is -2.41. The van der Waals surface area contributed by atoms with E-state index in [0.717, 1.165) is 5.56 Å². The van der Waals surface area contributed by atoms with Gasteiger partial charge in [0.05, 0.1) is 5.92 Å². The van der Waals surface area contributed by atoms with Crippen LogP contribution in [0.3, 0.4) is 0 Å². The first-order valence-corrected chi connectivity index (χ1v) is 7.34. The molecule has 5 unspecified atom stereocenters. The van der Waals surface area contributed by atoms with Crippen LogP contribution >= 0.6 is 0 Å². The molecule has 7 heteroatoms. The Balaban J connectivity index is 2.11. The Bertz CT molecular complexity index is 691. The van der Waals surface area contributed by atoms with Crippen molar-refractivity contribution in [2.75, 3.05) is 0 Å². The van der Waals surface area contributed by atoms with Crippen molar-refractivity contribution in [3.05, 3.63) is 35.9 Å². The molecule has 2 aliphatic rings. The molecule has 2 saturated carbocycles. The second kappa shape index (κ2) is 4.79. The van der Waals surface area contributed by atoms with Crippen molar-refractivity contribution >= 4 is 17.8 Å². The van der Waals surface area contributed by atoms with Crippen LogP contribution in [0.15, 0.2) is 30.3 Å². The average molecular weight is 318 g/mol. The average Bonchev–Trinajstić information content (AvgIpc) is 3.07. The summed E-state index contributed by atoms with van der Waals surface area (Å²) in [6.07, 6.45) is -0.241. The lowest BCUT2D eigenvalue weighted by Crippen LogP contribution is -2.56. The van der Waals surface area contributed by atoms with Crippen molar-refractivity contribution in [2.45, 2.75) is 24.3 Å². The van der Waals surface area contributed by atoms with E-state index in [1.165, 1.54) is 0 Å². The van der Waals surface area contributed by atoms with E-state index in [1.807, 2.05) is 18.2 Å². The number of hydrogen-bond donors (Lipinski definition) is 4. The van der Waals surface area contributed by atoms with Crippen LogP contribution in [-0.2, 0) is 14.4 Å². The lowest BCUT2D eigenvalue weighted by Gasteiger charge is -2.31. The minimum Gasteiger partial charge on any atom is -0.481 e. The van der Waals surface area contributed by atoms with Crippen LogP contribution in [0.1, 0.15) is 24.3 Å². The number of carboxylic acid groups (broad SMARTS) is 2. The Morgan fingerprint density at radius 1 is 1.17 bits per heavy atom. The molecule has 0 bridgehead atoms. The normalized spacial score (nSPS) is 37.9. The van der Waals surface area contributed by atoms with Gasteiger partial charge in [0.1, 0.15) is 5.54 Å². The minimum absolute atomic E-state index is 0.0913. The Labute approximate surface area is 132 Å². The Morgan fingerprint density at radius 3 is 2.26 bits per heavy atom. The summed E-state index contributed by atoms with van der Waals surface area (Å²) in [6, 6.07) is 9.08. The van der Waals surface area contributed by atoms with Gasteiger partial charge in [0.2, 0.25) is 5.91 Å².